The normalized spacial score (nSPS) is 9.56. The molecule has 3 nitrogen and oxygen atoms in total. The van der Waals surface area contributed by atoms with Crippen molar-refractivity contribution >= 4 is 17.3 Å². The van der Waals surface area contributed by atoms with E-state index in [9.17, 15) is 0 Å². The number of halogens is 1. The second kappa shape index (κ2) is 4.71. The summed E-state index contributed by atoms with van der Waals surface area (Å²) in [6.07, 6.45) is 0. The second-order valence-electron chi connectivity index (χ2n) is 3.19. The van der Waals surface area contributed by atoms with E-state index in [-0.39, 0.29) is 0 Å². The van der Waals surface area contributed by atoms with Gasteiger partial charge in [0.1, 0.15) is 0 Å². The smallest absolute Gasteiger partial charge is 0.0484 e. The molecule has 0 saturated carbocycles. The van der Waals surface area contributed by atoms with E-state index in [0.717, 1.165) is 11.1 Å². The van der Waals surface area contributed by atoms with Crippen LogP contribution in [0.3, 0.4) is 0 Å². The van der Waals surface area contributed by atoms with Crippen molar-refractivity contribution in [1.82, 2.24) is 0 Å². The van der Waals surface area contributed by atoms with Gasteiger partial charge >= 0.3 is 0 Å². The van der Waals surface area contributed by atoms with E-state index in [1.165, 1.54) is 0 Å². The molecule has 0 aromatic heterocycles. The Morgan fingerprint density at radius 3 is 2.25 bits per heavy atom. The van der Waals surface area contributed by atoms with Crippen LogP contribution in [0.1, 0.15) is 0 Å². The van der Waals surface area contributed by atoms with E-state index in [1.54, 1.807) is 6.07 Å². The molecule has 0 unspecified atom stereocenters. The maximum absolute atomic E-state index is 8.49. The molecule has 0 aliphatic rings. The lowest BCUT2D eigenvalue weighted by Gasteiger charge is -2.06. The van der Waals surface area contributed by atoms with Crippen LogP contribution in [0.2, 0.25) is 5.02 Å². The third kappa shape index (κ3) is 2.01. The Morgan fingerprint density at radius 1 is 0.938 bits per heavy atom. The molecule has 2 rings (SSSR count). The van der Waals surface area contributed by atoms with Crippen molar-refractivity contribution in [2.45, 2.75) is 0 Å². The van der Waals surface area contributed by atoms with Crippen molar-refractivity contribution < 1.29 is 0 Å². The minimum Gasteiger partial charge on any atom is -0.0837 e. The standard InChI is InChI=1S/C12H8ClN3/c13-11-7-3-1-5-9(11)10-6-2-4-8-12(10)15-16-14/h1-8H. The lowest BCUT2D eigenvalue weighted by atomic mass is 10.0. The molecule has 0 spiro atoms. The van der Waals surface area contributed by atoms with Gasteiger partial charge in [-0.05, 0) is 17.2 Å². The molecular weight excluding hydrogens is 222 g/mol. The summed E-state index contributed by atoms with van der Waals surface area (Å²) in [5.41, 5.74) is 10.8. The molecule has 2 aromatic rings. The number of hydrogen-bond acceptors (Lipinski definition) is 1. The molecule has 0 amide bonds. The van der Waals surface area contributed by atoms with E-state index in [1.807, 2.05) is 42.5 Å². The SMILES string of the molecule is [N-]=[N+]=Nc1ccccc1-c1ccccc1Cl. The van der Waals surface area contributed by atoms with Gasteiger partial charge in [0.25, 0.3) is 0 Å². The largest absolute Gasteiger partial charge is 0.0837 e. The Bertz CT molecular complexity index is 560. The second-order valence-corrected chi connectivity index (χ2v) is 3.59. The zero-order chi connectivity index (χ0) is 11.4. The maximum Gasteiger partial charge on any atom is 0.0484 e. The monoisotopic (exact) mass is 229 g/mol. The molecule has 4 heteroatoms. The summed E-state index contributed by atoms with van der Waals surface area (Å²) in [5.74, 6) is 0. The van der Waals surface area contributed by atoms with E-state index >= 15 is 0 Å². The van der Waals surface area contributed by atoms with Crippen molar-refractivity contribution in [3.05, 3.63) is 64.0 Å². The molecule has 0 atom stereocenters. The molecule has 0 aliphatic carbocycles. The first kappa shape index (κ1) is 10.6. The van der Waals surface area contributed by atoms with Gasteiger partial charge in [0.2, 0.25) is 0 Å². The van der Waals surface area contributed by atoms with Crippen molar-refractivity contribution in [3.63, 3.8) is 0 Å². The van der Waals surface area contributed by atoms with Gasteiger partial charge < -0.3 is 0 Å². The number of nitrogens with zero attached hydrogens (tertiary/aromatic N) is 3. The summed E-state index contributed by atoms with van der Waals surface area (Å²) in [6, 6.07) is 14.8. The van der Waals surface area contributed by atoms with E-state index in [2.05, 4.69) is 10.0 Å². The zero-order valence-corrected chi connectivity index (χ0v) is 9.09. The first-order valence-corrected chi connectivity index (χ1v) is 5.10. The van der Waals surface area contributed by atoms with Crippen molar-refractivity contribution in [2.24, 2.45) is 5.11 Å². The minimum absolute atomic E-state index is 0.582. The van der Waals surface area contributed by atoms with Crippen LogP contribution < -0.4 is 0 Å². The summed E-state index contributed by atoms with van der Waals surface area (Å²) in [6.45, 7) is 0. The quantitative estimate of drug-likeness (QED) is 0.398. The van der Waals surface area contributed by atoms with Crippen LogP contribution in [0.25, 0.3) is 21.6 Å². The Labute approximate surface area is 97.9 Å². The third-order valence-corrected chi connectivity index (χ3v) is 2.55. The van der Waals surface area contributed by atoms with Gasteiger partial charge in [-0.2, -0.15) is 0 Å². The highest BCUT2D eigenvalue weighted by atomic mass is 35.5. The molecule has 16 heavy (non-hydrogen) atoms. The summed E-state index contributed by atoms with van der Waals surface area (Å²) in [4.78, 5) is 2.80. The molecule has 2 aromatic carbocycles. The highest BCUT2D eigenvalue weighted by Gasteiger charge is 2.05. The molecule has 0 fully saturated rings. The first-order valence-electron chi connectivity index (χ1n) is 4.72. The Hall–Kier alpha value is -1.96. The minimum atomic E-state index is 0.582. The van der Waals surface area contributed by atoms with Crippen molar-refractivity contribution in [1.29, 1.82) is 0 Å². The van der Waals surface area contributed by atoms with Crippen molar-refractivity contribution in [2.75, 3.05) is 0 Å². The van der Waals surface area contributed by atoms with Gasteiger partial charge in [-0.25, -0.2) is 0 Å². The van der Waals surface area contributed by atoms with Gasteiger partial charge in [-0.15, -0.1) is 0 Å². The number of rotatable bonds is 2. The Morgan fingerprint density at radius 2 is 1.56 bits per heavy atom. The average molecular weight is 230 g/mol. The van der Waals surface area contributed by atoms with Gasteiger partial charge in [0, 0.05) is 21.2 Å². The summed E-state index contributed by atoms with van der Waals surface area (Å²) in [5, 5.41) is 4.29. The van der Waals surface area contributed by atoms with E-state index < -0.39 is 0 Å². The van der Waals surface area contributed by atoms with Crippen LogP contribution in [0.15, 0.2) is 53.6 Å². The fourth-order valence-electron chi connectivity index (χ4n) is 1.52. The molecule has 78 valence electrons. The average Bonchev–Trinajstić information content (AvgIpc) is 2.31. The van der Waals surface area contributed by atoms with Crippen LogP contribution in [-0.4, -0.2) is 0 Å². The first-order chi connectivity index (χ1) is 7.83. The maximum atomic E-state index is 8.49. The van der Waals surface area contributed by atoms with Crippen LogP contribution in [0.5, 0.6) is 0 Å². The molecule has 0 saturated heterocycles. The van der Waals surface area contributed by atoms with E-state index in [4.69, 9.17) is 17.1 Å². The van der Waals surface area contributed by atoms with Crippen LogP contribution >= 0.6 is 11.6 Å². The van der Waals surface area contributed by atoms with Gasteiger partial charge in [-0.3, -0.25) is 0 Å². The fourth-order valence-corrected chi connectivity index (χ4v) is 1.75. The Balaban J connectivity index is 2.64. The van der Waals surface area contributed by atoms with Gasteiger partial charge in [0.05, 0.1) is 0 Å². The van der Waals surface area contributed by atoms with Crippen LogP contribution in [0.4, 0.5) is 5.69 Å². The van der Waals surface area contributed by atoms with Crippen LogP contribution in [0, 0.1) is 0 Å². The molecule has 0 radical (unpaired) electrons. The molecule has 0 heterocycles. The number of azide groups is 1. The highest BCUT2D eigenvalue weighted by molar-refractivity contribution is 6.33. The summed E-state index contributed by atoms with van der Waals surface area (Å²) >= 11 is 6.10. The van der Waals surface area contributed by atoms with Gasteiger partial charge in [-0.1, -0.05) is 59.2 Å². The highest BCUT2D eigenvalue weighted by Crippen LogP contribution is 2.34. The van der Waals surface area contributed by atoms with Crippen molar-refractivity contribution in [3.8, 4) is 11.1 Å². The third-order valence-electron chi connectivity index (χ3n) is 2.22. The number of hydrogen-bond donors (Lipinski definition) is 0. The van der Waals surface area contributed by atoms with E-state index in [0.29, 0.717) is 10.7 Å². The number of benzene rings is 2. The molecule has 0 aliphatic heterocycles. The zero-order valence-electron chi connectivity index (χ0n) is 8.34. The Kier molecular flexibility index (Phi) is 3.10. The molecular formula is C12H8ClN3. The molecule has 0 N–H and O–H groups in total. The lowest BCUT2D eigenvalue weighted by molar-refractivity contribution is 1.47. The lowest BCUT2D eigenvalue weighted by Crippen LogP contribution is -1.79. The van der Waals surface area contributed by atoms with Crippen LogP contribution in [-0.2, 0) is 0 Å². The summed E-state index contributed by atoms with van der Waals surface area (Å²) < 4.78 is 0. The topological polar surface area (TPSA) is 48.8 Å². The fraction of sp³-hybridized carbons (Fsp3) is 0. The summed E-state index contributed by atoms with van der Waals surface area (Å²) in [7, 11) is 0. The predicted octanol–water partition coefficient (Wildman–Crippen LogP) is 4.95. The molecule has 0 bridgehead atoms. The van der Waals surface area contributed by atoms with Gasteiger partial charge in [0.15, 0.2) is 0 Å². The predicted molar refractivity (Wildman–Crippen MR) is 65.7 cm³/mol.